The van der Waals surface area contributed by atoms with Crippen LogP contribution in [0.2, 0.25) is 0 Å². The number of piperidine rings is 1. The Morgan fingerprint density at radius 3 is 2.73 bits per heavy atom. The van der Waals surface area contributed by atoms with Gasteiger partial charge in [0, 0.05) is 31.6 Å². The van der Waals surface area contributed by atoms with E-state index >= 15 is 0 Å². The van der Waals surface area contributed by atoms with Crippen LogP contribution >= 0.6 is 0 Å². The molecule has 1 aromatic carbocycles. The fraction of sp³-hybridized carbons (Fsp3) is 0.538. The number of fused-ring (bicyclic) bond motifs is 1. The zero-order chi connectivity index (χ0) is 23.2. The van der Waals surface area contributed by atoms with Crippen LogP contribution in [-0.4, -0.2) is 60.4 Å². The first kappa shape index (κ1) is 23.4. The highest BCUT2D eigenvalue weighted by atomic mass is 16.5. The molecule has 1 aromatic heterocycles. The van der Waals surface area contributed by atoms with Crippen LogP contribution in [0.15, 0.2) is 36.9 Å². The summed E-state index contributed by atoms with van der Waals surface area (Å²) in [6.07, 6.45) is 6.28. The van der Waals surface area contributed by atoms with Crippen molar-refractivity contribution >= 4 is 22.8 Å². The maximum absolute atomic E-state index is 13.7. The van der Waals surface area contributed by atoms with Crippen molar-refractivity contribution in [2.75, 3.05) is 32.9 Å². The van der Waals surface area contributed by atoms with Crippen LogP contribution in [0.1, 0.15) is 49.5 Å². The molecule has 2 aromatic rings. The molecule has 0 bridgehead atoms. The zero-order valence-electron chi connectivity index (χ0n) is 19.5. The fourth-order valence-corrected chi connectivity index (χ4v) is 4.80. The predicted octanol–water partition coefficient (Wildman–Crippen LogP) is 4.19. The number of ether oxygens (including phenoxy) is 3. The van der Waals surface area contributed by atoms with E-state index in [9.17, 15) is 9.59 Å². The van der Waals surface area contributed by atoms with Crippen molar-refractivity contribution in [1.29, 1.82) is 0 Å². The quantitative estimate of drug-likeness (QED) is 0.442. The summed E-state index contributed by atoms with van der Waals surface area (Å²) in [6, 6.07) is 7.85. The van der Waals surface area contributed by atoms with Crippen LogP contribution in [0.4, 0.5) is 0 Å². The number of carbonyl (C=O) groups is 2. The van der Waals surface area contributed by atoms with Gasteiger partial charge < -0.3 is 23.7 Å². The van der Waals surface area contributed by atoms with E-state index in [1.807, 2.05) is 36.1 Å². The Kier molecular flexibility index (Phi) is 7.70. The summed E-state index contributed by atoms with van der Waals surface area (Å²) in [4.78, 5) is 27.6. The minimum absolute atomic E-state index is 0.0148. The molecule has 178 valence electrons. The molecule has 2 saturated heterocycles. The van der Waals surface area contributed by atoms with E-state index in [0.29, 0.717) is 51.4 Å². The van der Waals surface area contributed by atoms with Crippen LogP contribution in [0, 0.1) is 5.92 Å². The lowest BCUT2D eigenvalue weighted by atomic mass is 9.97. The van der Waals surface area contributed by atoms with Crippen LogP contribution in [0.3, 0.4) is 0 Å². The van der Waals surface area contributed by atoms with Crippen molar-refractivity contribution < 1.29 is 23.8 Å². The fourth-order valence-electron chi connectivity index (χ4n) is 4.80. The average Bonchev–Trinajstić information content (AvgIpc) is 3.22. The maximum atomic E-state index is 13.7. The predicted molar refractivity (Wildman–Crippen MR) is 126 cm³/mol. The average molecular weight is 455 g/mol. The van der Waals surface area contributed by atoms with Crippen LogP contribution in [0.25, 0.3) is 10.9 Å². The van der Waals surface area contributed by atoms with Gasteiger partial charge in [0.2, 0.25) is 0 Å². The number of carbonyl (C=O) groups excluding carboxylic acids is 2. The Labute approximate surface area is 195 Å². The molecule has 1 atom stereocenters. The van der Waals surface area contributed by atoms with Gasteiger partial charge in [-0.05, 0) is 57.2 Å². The summed E-state index contributed by atoms with van der Waals surface area (Å²) in [5.41, 5.74) is 1.61. The summed E-state index contributed by atoms with van der Waals surface area (Å²) in [5.74, 6) is 0.441. The van der Waals surface area contributed by atoms with Gasteiger partial charge in [-0.2, -0.15) is 0 Å². The van der Waals surface area contributed by atoms with Crippen LogP contribution in [0.5, 0.6) is 5.75 Å². The molecule has 1 unspecified atom stereocenters. The standard InChI is InChI=1S/C26H34N2O5/c1-3-15-33-24-10-7-9-22-21(24)17-23(28(22)18-20-8-5-6-16-32-20)25(29)27-13-11-19(12-14-27)26(30)31-4-2/h3,7,9-10,17,19-20H,1,4-6,8,11-16,18H2,2H3. The second-order valence-electron chi connectivity index (χ2n) is 8.74. The molecule has 33 heavy (non-hydrogen) atoms. The summed E-state index contributed by atoms with van der Waals surface area (Å²) in [7, 11) is 0. The summed E-state index contributed by atoms with van der Waals surface area (Å²) >= 11 is 0. The first-order valence-corrected chi connectivity index (χ1v) is 12.1. The van der Waals surface area contributed by atoms with Crippen molar-refractivity contribution in [2.24, 2.45) is 5.92 Å². The van der Waals surface area contributed by atoms with Gasteiger partial charge in [-0.25, -0.2) is 0 Å². The second-order valence-corrected chi connectivity index (χ2v) is 8.74. The Balaban J connectivity index is 1.61. The zero-order valence-corrected chi connectivity index (χ0v) is 19.5. The molecular weight excluding hydrogens is 420 g/mol. The van der Waals surface area contributed by atoms with Gasteiger partial charge in [0.05, 0.1) is 24.1 Å². The maximum Gasteiger partial charge on any atom is 0.309 e. The summed E-state index contributed by atoms with van der Waals surface area (Å²) in [6.45, 7) is 8.83. The molecule has 2 aliphatic rings. The molecule has 1 amide bonds. The van der Waals surface area contributed by atoms with E-state index in [1.54, 1.807) is 6.08 Å². The van der Waals surface area contributed by atoms with Crippen molar-refractivity contribution in [1.82, 2.24) is 9.47 Å². The molecule has 2 fully saturated rings. The number of rotatable bonds is 8. The first-order valence-electron chi connectivity index (χ1n) is 12.1. The Morgan fingerprint density at radius 1 is 1.21 bits per heavy atom. The topological polar surface area (TPSA) is 70.0 Å². The molecule has 0 aliphatic carbocycles. The van der Waals surface area contributed by atoms with Gasteiger partial charge in [-0.3, -0.25) is 9.59 Å². The highest BCUT2D eigenvalue weighted by Crippen LogP contribution is 2.32. The van der Waals surface area contributed by atoms with Crippen LogP contribution < -0.4 is 4.74 Å². The normalized spacial score (nSPS) is 19.4. The van der Waals surface area contributed by atoms with Gasteiger partial charge in [-0.1, -0.05) is 18.7 Å². The van der Waals surface area contributed by atoms with E-state index in [4.69, 9.17) is 14.2 Å². The highest BCUT2D eigenvalue weighted by molar-refractivity contribution is 6.00. The van der Waals surface area contributed by atoms with Crippen molar-refractivity contribution in [3.63, 3.8) is 0 Å². The number of esters is 1. The number of amides is 1. The summed E-state index contributed by atoms with van der Waals surface area (Å²) in [5, 5.41) is 0.917. The molecule has 2 aliphatic heterocycles. The molecule has 0 N–H and O–H groups in total. The van der Waals surface area contributed by atoms with E-state index in [2.05, 4.69) is 11.1 Å². The highest BCUT2D eigenvalue weighted by Gasteiger charge is 2.31. The third kappa shape index (κ3) is 5.24. The van der Waals surface area contributed by atoms with Crippen molar-refractivity contribution in [2.45, 2.75) is 51.7 Å². The number of likely N-dealkylation sites (tertiary alicyclic amines) is 1. The van der Waals surface area contributed by atoms with E-state index in [0.717, 1.165) is 42.5 Å². The third-order valence-corrected chi connectivity index (χ3v) is 6.54. The first-order chi connectivity index (χ1) is 16.1. The number of benzene rings is 1. The Hall–Kier alpha value is -2.80. The van der Waals surface area contributed by atoms with Gasteiger partial charge in [0.15, 0.2) is 0 Å². The molecular formula is C26H34N2O5. The smallest absolute Gasteiger partial charge is 0.309 e. The number of hydrogen-bond donors (Lipinski definition) is 0. The van der Waals surface area contributed by atoms with Gasteiger partial charge in [0.1, 0.15) is 18.1 Å². The molecule has 0 saturated carbocycles. The molecule has 0 radical (unpaired) electrons. The van der Waals surface area contributed by atoms with Gasteiger partial charge in [0.25, 0.3) is 5.91 Å². The number of hydrogen-bond acceptors (Lipinski definition) is 5. The molecule has 3 heterocycles. The Bertz CT molecular complexity index is 984. The number of aromatic nitrogens is 1. The van der Waals surface area contributed by atoms with E-state index in [-0.39, 0.29) is 23.9 Å². The molecule has 0 spiro atoms. The van der Waals surface area contributed by atoms with Crippen LogP contribution in [-0.2, 0) is 20.8 Å². The molecule has 7 heteroatoms. The van der Waals surface area contributed by atoms with Gasteiger partial charge in [-0.15, -0.1) is 0 Å². The van der Waals surface area contributed by atoms with Crippen molar-refractivity contribution in [3.05, 3.63) is 42.6 Å². The lowest BCUT2D eigenvalue weighted by molar-refractivity contribution is -0.149. The van der Waals surface area contributed by atoms with Gasteiger partial charge >= 0.3 is 5.97 Å². The Morgan fingerprint density at radius 2 is 2.03 bits per heavy atom. The van der Waals surface area contributed by atoms with E-state index in [1.165, 1.54) is 0 Å². The third-order valence-electron chi connectivity index (χ3n) is 6.54. The van der Waals surface area contributed by atoms with Crippen molar-refractivity contribution in [3.8, 4) is 5.75 Å². The lowest BCUT2D eigenvalue weighted by Crippen LogP contribution is -2.41. The molecule has 7 nitrogen and oxygen atoms in total. The van der Waals surface area contributed by atoms with E-state index < -0.39 is 0 Å². The number of nitrogens with zero attached hydrogens (tertiary/aromatic N) is 2. The lowest BCUT2D eigenvalue weighted by Gasteiger charge is -2.31. The SMILES string of the molecule is C=CCOc1cccc2c1cc(C(=O)N1CCC(C(=O)OCC)CC1)n2CC1CCCCO1. The minimum Gasteiger partial charge on any atom is -0.489 e. The largest absolute Gasteiger partial charge is 0.489 e. The monoisotopic (exact) mass is 454 g/mol. The summed E-state index contributed by atoms with van der Waals surface area (Å²) < 4.78 is 19.1. The molecule has 4 rings (SSSR count). The minimum atomic E-state index is -0.155. The second kappa shape index (κ2) is 10.9.